The van der Waals surface area contributed by atoms with Gasteiger partial charge in [0.2, 0.25) is 5.75 Å². The number of ether oxygens (including phenoxy) is 3. The SMILES string of the molecule is COc1cccc(OC)c1OC(=O)c1cc(-c2ccccc2)nc2c1cnn2C(C)C. The van der Waals surface area contributed by atoms with Gasteiger partial charge in [-0.05, 0) is 32.0 Å². The van der Waals surface area contributed by atoms with Gasteiger partial charge in [-0.1, -0.05) is 36.4 Å². The van der Waals surface area contributed by atoms with E-state index in [1.165, 1.54) is 14.2 Å². The maximum Gasteiger partial charge on any atom is 0.344 e. The minimum atomic E-state index is -0.546. The standard InChI is InChI=1S/C24H23N3O4/c1-15(2)27-23-18(14-25-27)17(13-19(26-23)16-9-6-5-7-10-16)24(28)31-22-20(29-3)11-8-12-21(22)30-4/h5-15H,1-4H3. The van der Waals surface area contributed by atoms with Crippen LogP contribution in [0, 0.1) is 0 Å². The molecule has 0 amide bonds. The van der Waals surface area contributed by atoms with E-state index in [1.807, 2.05) is 44.2 Å². The Morgan fingerprint density at radius 2 is 1.65 bits per heavy atom. The smallest absolute Gasteiger partial charge is 0.344 e. The van der Waals surface area contributed by atoms with Gasteiger partial charge in [0.15, 0.2) is 17.1 Å². The molecule has 0 aliphatic rings. The summed E-state index contributed by atoms with van der Waals surface area (Å²) in [5.41, 5.74) is 2.54. The van der Waals surface area contributed by atoms with Gasteiger partial charge in [0.05, 0.1) is 37.1 Å². The van der Waals surface area contributed by atoms with Gasteiger partial charge in [-0.25, -0.2) is 14.5 Å². The maximum atomic E-state index is 13.3. The molecule has 0 saturated carbocycles. The summed E-state index contributed by atoms with van der Waals surface area (Å²) in [6.45, 7) is 4.03. The summed E-state index contributed by atoms with van der Waals surface area (Å²) in [5, 5.41) is 5.06. The predicted octanol–water partition coefficient (Wildman–Crippen LogP) is 4.92. The van der Waals surface area contributed by atoms with Crippen LogP contribution < -0.4 is 14.2 Å². The molecule has 4 aromatic rings. The number of hydrogen-bond acceptors (Lipinski definition) is 6. The summed E-state index contributed by atoms with van der Waals surface area (Å²) >= 11 is 0. The van der Waals surface area contributed by atoms with Crippen LogP contribution in [-0.4, -0.2) is 35.0 Å². The predicted molar refractivity (Wildman–Crippen MR) is 118 cm³/mol. The van der Waals surface area contributed by atoms with Gasteiger partial charge in [-0.15, -0.1) is 0 Å². The fourth-order valence-electron chi connectivity index (χ4n) is 3.39. The van der Waals surface area contributed by atoms with E-state index in [-0.39, 0.29) is 11.8 Å². The highest BCUT2D eigenvalue weighted by Crippen LogP contribution is 2.38. The molecule has 0 fully saturated rings. The fraction of sp³-hybridized carbons (Fsp3) is 0.208. The average Bonchev–Trinajstić information content (AvgIpc) is 3.23. The molecule has 0 aliphatic heterocycles. The second-order valence-corrected chi connectivity index (χ2v) is 7.22. The fourth-order valence-corrected chi connectivity index (χ4v) is 3.39. The number of para-hydroxylation sites is 1. The third-order valence-electron chi connectivity index (χ3n) is 4.92. The van der Waals surface area contributed by atoms with Crippen molar-refractivity contribution in [3.63, 3.8) is 0 Å². The van der Waals surface area contributed by atoms with Gasteiger partial charge >= 0.3 is 5.97 Å². The van der Waals surface area contributed by atoms with Crippen molar-refractivity contribution in [3.05, 3.63) is 66.4 Å². The Kier molecular flexibility index (Phi) is 5.58. The molecule has 2 heterocycles. The number of benzene rings is 2. The molecule has 0 aliphatic carbocycles. The van der Waals surface area contributed by atoms with E-state index in [0.717, 1.165) is 5.56 Å². The van der Waals surface area contributed by atoms with Crippen molar-refractivity contribution in [1.82, 2.24) is 14.8 Å². The van der Waals surface area contributed by atoms with Crippen LogP contribution in [0.25, 0.3) is 22.3 Å². The Bertz CT molecular complexity index is 1210. The zero-order valence-electron chi connectivity index (χ0n) is 17.8. The highest BCUT2D eigenvalue weighted by molar-refractivity contribution is 6.04. The molecule has 2 aromatic carbocycles. The Labute approximate surface area is 180 Å². The van der Waals surface area contributed by atoms with Gasteiger partial charge in [0, 0.05) is 11.6 Å². The quantitative estimate of drug-likeness (QED) is 0.328. The second kappa shape index (κ2) is 8.47. The molecule has 7 heteroatoms. The van der Waals surface area contributed by atoms with E-state index >= 15 is 0 Å². The van der Waals surface area contributed by atoms with Crippen molar-refractivity contribution in [2.24, 2.45) is 0 Å². The van der Waals surface area contributed by atoms with Gasteiger partial charge in [0.25, 0.3) is 0 Å². The summed E-state index contributed by atoms with van der Waals surface area (Å²) in [6.07, 6.45) is 1.65. The number of nitrogens with zero attached hydrogens (tertiary/aromatic N) is 3. The largest absolute Gasteiger partial charge is 0.493 e. The van der Waals surface area contributed by atoms with Gasteiger partial charge in [0.1, 0.15) is 0 Å². The summed E-state index contributed by atoms with van der Waals surface area (Å²) in [5.74, 6) is 0.481. The first-order valence-electron chi connectivity index (χ1n) is 9.90. The lowest BCUT2D eigenvalue weighted by atomic mass is 10.1. The van der Waals surface area contributed by atoms with Crippen LogP contribution in [0.15, 0.2) is 60.8 Å². The molecule has 0 bridgehead atoms. The van der Waals surface area contributed by atoms with E-state index in [0.29, 0.717) is 33.8 Å². The number of rotatable bonds is 6. The Balaban J connectivity index is 1.86. The van der Waals surface area contributed by atoms with Crippen LogP contribution in [0.3, 0.4) is 0 Å². The third-order valence-corrected chi connectivity index (χ3v) is 4.92. The number of methoxy groups -OCH3 is 2. The van der Waals surface area contributed by atoms with Crippen LogP contribution in [0.1, 0.15) is 30.2 Å². The van der Waals surface area contributed by atoms with E-state index in [2.05, 4.69) is 5.10 Å². The molecular weight excluding hydrogens is 394 g/mol. The third kappa shape index (κ3) is 3.82. The van der Waals surface area contributed by atoms with Gasteiger partial charge in [-0.3, -0.25) is 0 Å². The summed E-state index contributed by atoms with van der Waals surface area (Å²) in [4.78, 5) is 18.1. The minimum Gasteiger partial charge on any atom is -0.493 e. The molecule has 4 rings (SSSR count). The van der Waals surface area contributed by atoms with E-state index in [1.54, 1.807) is 35.1 Å². The van der Waals surface area contributed by atoms with Crippen molar-refractivity contribution in [3.8, 4) is 28.5 Å². The molecule has 0 saturated heterocycles. The second-order valence-electron chi connectivity index (χ2n) is 7.22. The number of aromatic nitrogens is 3. The maximum absolute atomic E-state index is 13.3. The number of esters is 1. The first-order valence-corrected chi connectivity index (χ1v) is 9.90. The lowest BCUT2D eigenvalue weighted by molar-refractivity contribution is 0.0726. The highest BCUT2D eigenvalue weighted by atomic mass is 16.6. The summed E-state index contributed by atoms with van der Waals surface area (Å²) < 4.78 is 18.3. The number of pyridine rings is 1. The number of carbonyl (C=O) groups excluding carboxylic acids is 1. The molecule has 158 valence electrons. The van der Waals surface area contributed by atoms with Crippen LogP contribution in [-0.2, 0) is 0 Å². The van der Waals surface area contributed by atoms with Crippen LogP contribution in [0.5, 0.6) is 17.2 Å². The molecular formula is C24H23N3O4. The molecule has 0 atom stereocenters. The number of carbonyl (C=O) groups is 1. The molecule has 0 N–H and O–H groups in total. The Hall–Kier alpha value is -3.87. The Morgan fingerprint density at radius 1 is 0.968 bits per heavy atom. The molecule has 0 spiro atoms. The molecule has 0 unspecified atom stereocenters. The topological polar surface area (TPSA) is 75.5 Å². The molecule has 31 heavy (non-hydrogen) atoms. The average molecular weight is 417 g/mol. The van der Waals surface area contributed by atoms with Crippen LogP contribution in [0.2, 0.25) is 0 Å². The van der Waals surface area contributed by atoms with Crippen molar-refractivity contribution in [1.29, 1.82) is 0 Å². The van der Waals surface area contributed by atoms with E-state index in [9.17, 15) is 4.79 Å². The van der Waals surface area contributed by atoms with E-state index < -0.39 is 5.97 Å². The van der Waals surface area contributed by atoms with Crippen LogP contribution in [0.4, 0.5) is 0 Å². The van der Waals surface area contributed by atoms with Crippen molar-refractivity contribution < 1.29 is 19.0 Å². The minimum absolute atomic E-state index is 0.0780. The number of hydrogen-bond donors (Lipinski definition) is 0. The van der Waals surface area contributed by atoms with Crippen molar-refractivity contribution in [2.45, 2.75) is 19.9 Å². The van der Waals surface area contributed by atoms with Gasteiger partial charge < -0.3 is 14.2 Å². The first kappa shape index (κ1) is 20.4. The van der Waals surface area contributed by atoms with Gasteiger partial charge in [-0.2, -0.15) is 5.10 Å². The monoisotopic (exact) mass is 417 g/mol. The van der Waals surface area contributed by atoms with E-state index in [4.69, 9.17) is 19.2 Å². The normalized spacial score (nSPS) is 11.0. The first-order chi connectivity index (χ1) is 15.0. The summed E-state index contributed by atoms with van der Waals surface area (Å²) in [7, 11) is 3.02. The lowest BCUT2D eigenvalue weighted by Crippen LogP contribution is -2.12. The summed E-state index contributed by atoms with van der Waals surface area (Å²) in [6, 6.07) is 16.7. The van der Waals surface area contributed by atoms with Crippen molar-refractivity contribution in [2.75, 3.05) is 14.2 Å². The van der Waals surface area contributed by atoms with Crippen molar-refractivity contribution >= 4 is 17.0 Å². The molecule has 7 nitrogen and oxygen atoms in total. The lowest BCUT2D eigenvalue weighted by Gasteiger charge is -2.14. The molecule has 0 radical (unpaired) electrons. The Morgan fingerprint density at radius 3 is 2.26 bits per heavy atom. The van der Waals surface area contributed by atoms with Crippen LogP contribution >= 0.6 is 0 Å². The highest BCUT2D eigenvalue weighted by Gasteiger charge is 2.22. The zero-order chi connectivity index (χ0) is 22.0. The number of fused-ring (bicyclic) bond motifs is 1. The molecule has 2 aromatic heterocycles. The zero-order valence-corrected chi connectivity index (χ0v) is 17.8.